The molecule has 0 bridgehead atoms. The number of hydrogen-bond donors (Lipinski definition) is 2. The molecule has 3 amide bonds. The number of piperidine rings is 1. The van der Waals surface area contributed by atoms with Gasteiger partial charge in [0.1, 0.15) is 24.0 Å². The van der Waals surface area contributed by atoms with Crippen molar-refractivity contribution in [1.29, 1.82) is 0 Å². The quantitative estimate of drug-likeness (QED) is 0.555. The van der Waals surface area contributed by atoms with Crippen molar-refractivity contribution in [3.05, 3.63) is 34.7 Å². The van der Waals surface area contributed by atoms with Crippen molar-refractivity contribution in [2.24, 2.45) is 0 Å². The molecule has 1 saturated heterocycles. The molecule has 1 atom stereocenters. The van der Waals surface area contributed by atoms with E-state index in [1.165, 1.54) is 6.20 Å². The van der Waals surface area contributed by atoms with Crippen LogP contribution in [0.4, 0.5) is 4.79 Å². The number of carbonyl (C=O) groups is 3. The Hall–Kier alpha value is -3.43. The van der Waals surface area contributed by atoms with Crippen LogP contribution < -0.4 is 20.9 Å². The zero-order valence-electron chi connectivity index (χ0n) is 17.1. The number of amides is 3. The van der Waals surface area contributed by atoms with Crippen LogP contribution in [-0.2, 0) is 14.3 Å². The first-order valence-electron chi connectivity index (χ1n) is 9.59. The monoisotopic (exact) mass is 416 g/mol. The Morgan fingerprint density at radius 3 is 2.73 bits per heavy atom. The minimum Gasteiger partial charge on any atom is -0.491 e. The first kappa shape index (κ1) is 21.3. The molecule has 3 rings (SSSR count). The minimum absolute atomic E-state index is 0.149. The van der Waals surface area contributed by atoms with Crippen LogP contribution in [0.2, 0.25) is 0 Å². The average molecular weight is 416 g/mol. The Bertz CT molecular complexity index is 1040. The first-order valence-corrected chi connectivity index (χ1v) is 9.59. The van der Waals surface area contributed by atoms with Gasteiger partial charge in [-0.25, -0.2) is 9.48 Å². The second-order valence-corrected chi connectivity index (χ2v) is 7.86. The maximum Gasteiger partial charge on any atom is 0.407 e. The molecule has 10 nitrogen and oxygen atoms in total. The van der Waals surface area contributed by atoms with Crippen molar-refractivity contribution in [2.75, 3.05) is 13.2 Å². The SMILES string of the molecule is CC(C)(C)OC(=O)NCCOc1cccc2c(=O)n(C3CCC(=O)NC3=O)ncc12. The highest BCUT2D eigenvalue weighted by Crippen LogP contribution is 2.24. The van der Waals surface area contributed by atoms with Gasteiger partial charge in [-0.05, 0) is 39.3 Å². The van der Waals surface area contributed by atoms with Crippen molar-refractivity contribution in [2.45, 2.75) is 45.3 Å². The van der Waals surface area contributed by atoms with Gasteiger partial charge in [-0.3, -0.25) is 19.7 Å². The van der Waals surface area contributed by atoms with Crippen LogP contribution in [0.5, 0.6) is 5.75 Å². The van der Waals surface area contributed by atoms with Crippen molar-refractivity contribution >= 4 is 28.7 Å². The van der Waals surface area contributed by atoms with E-state index in [1.807, 2.05) is 0 Å². The van der Waals surface area contributed by atoms with Crippen LogP contribution in [0, 0.1) is 0 Å². The van der Waals surface area contributed by atoms with Gasteiger partial charge < -0.3 is 14.8 Å². The second kappa shape index (κ2) is 8.52. The number of imide groups is 1. The molecule has 1 aliphatic rings. The number of carbonyl (C=O) groups excluding carboxylic acids is 3. The van der Waals surface area contributed by atoms with Gasteiger partial charge in [-0.15, -0.1) is 0 Å². The zero-order valence-corrected chi connectivity index (χ0v) is 17.1. The highest BCUT2D eigenvalue weighted by atomic mass is 16.6. The molecule has 0 spiro atoms. The Labute approximate surface area is 172 Å². The highest BCUT2D eigenvalue weighted by Gasteiger charge is 2.30. The lowest BCUT2D eigenvalue weighted by Gasteiger charge is -2.22. The van der Waals surface area contributed by atoms with Gasteiger partial charge >= 0.3 is 6.09 Å². The van der Waals surface area contributed by atoms with Gasteiger partial charge in [0.05, 0.1) is 18.1 Å². The van der Waals surface area contributed by atoms with Gasteiger partial charge in [-0.1, -0.05) is 6.07 Å². The molecule has 1 fully saturated rings. The smallest absolute Gasteiger partial charge is 0.407 e. The number of rotatable bonds is 5. The molecule has 2 N–H and O–H groups in total. The maximum absolute atomic E-state index is 12.9. The summed E-state index contributed by atoms with van der Waals surface area (Å²) in [5, 5.41) is 9.77. The van der Waals surface area contributed by atoms with E-state index >= 15 is 0 Å². The minimum atomic E-state index is -0.831. The predicted octanol–water partition coefficient (Wildman–Crippen LogP) is 1.28. The van der Waals surface area contributed by atoms with E-state index in [0.29, 0.717) is 16.5 Å². The lowest BCUT2D eigenvalue weighted by molar-refractivity contribution is -0.136. The van der Waals surface area contributed by atoms with Gasteiger partial charge in [-0.2, -0.15) is 5.10 Å². The number of fused-ring (bicyclic) bond motifs is 1. The highest BCUT2D eigenvalue weighted by molar-refractivity contribution is 5.99. The number of hydrogen-bond acceptors (Lipinski definition) is 7. The fourth-order valence-electron chi connectivity index (χ4n) is 3.05. The normalized spacial score (nSPS) is 16.8. The van der Waals surface area contributed by atoms with E-state index in [4.69, 9.17) is 9.47 Å². The van der Waals surface area contributed by atoms with E-state index in [1.54, 1.807) is 39.0 Å². The van der Waals surface area contributed by atoms with E-state index in [-0.39, 0.29) is 31.9 Å². The van der Waals surface area contributed by atoms with Gasteiger partial charge in [0.2, 0.25) is 5.91 Å². The Morgan fingerprint density at radius 1 is 1.27 bits per heavy atom. The maximum atomic E-state index is 12.9. The molecule has 2 aromatic rings. The number of nitrogens with one attached hydrogen (secondary N) is 2. The van der Waals surface area contributed by atoms with E-state index in [0.717, 1.165) is 4.68 Å². The summed E-state index contributed by atoms with van der Waals surface area (Å²) in [4.78, 5) is 47.9. The number of nitrogens with zero attached hydrogens (tertiary/aromatic N) is 2. The third kappa shape index (κ3) is 4.94. The van der Waals surface area contributed by atoms with Crippen LogP contribution in [0.25, 0.3) is 10.8 Å². The molecule has 1 aromatic heterocycles. The second-order valence-electron chi connectivity index (χ2n) is 7.86. The van der Waals surface area contributed by atoms with Crippen LogP contribution in [0.15, 0.2) is 29.2 Å². The summed E-state index contributed by atoms with van der Waals surface area (Å²) in [6.45, 7) is 5.69. The first-order chi connectivity index (χ1) is 14.2. The fraction of sp³-hybridized carbons (Fsp3) is 0.450. The predicted molar refractivity (Wildman–Crippen MR) is 107 cm³/mol. The summed E-state index contributed by atoms with van der Waals surface area (Å²) in [5.74, 6) is -0.472. The number of ether oxygens (including phenoxy) is 2. The summed E-state index contributed by atoms with van der Waals surface area (Å²) in [7, 11) is 0. The van der Waals surface area contributed by atoms with E-state index in [9.17, 15) is 19.2 Å². The van der Waals surface area contributed by atoms with Crippen LogP contribution >= 0.6 is 0 Å². The largest absolute Gasteiger partial charge is 0.491 e. The van der Waals surface area contributed by atoms with E-state index in [2.05, 4.69) is 15.7 Å². The topological polar surface area (TPSA) is 129 Å². The van der Waals surface area contributed by atoms with Gasteiger partial charge in [0, 0.05) is 11.8 Å². The molecule has 2 heterocycles. The molecular weight excluding hydrogens is 392 g/mol. The Kier molecular flexibility index (Phi) is 6.04. The number of alkyl carbamates (subject to hydrolysis) is 1. The van der Waals surface area contributed by atoms with Crippen LogP contribution in [-0.4, -0.2) is 46.4 Å². The third-order valence-corrected chi connectivity index (χ3v) is 4.35. The van der Waals surface area contributed by atoms with Crippen molar-refractivity contribution in [3.8, 4) is 5.75 Å². The molecule has 0 radical (unpaired) electrons. The molecule has 1 unspecified atom stereocenters. The standard InChI is InChI=1S/C20H24N4O6/c1-20(2,3)30-19(28)21-9-10-29-15-6-4-5-12-13(15)11-22-24(18(12)27)14-7-8-16(25)23-17(14)26/h4-6,11,14H,7-10H2,1-3H3,(H,21,28)(H,23,25,26). The Balaban J connectivity index is 1.71. The average Bonchev–Trinajstić information content (AvgIpc) is 2.65. The van der Waals surface area contributed by atoms with E-state index < -0.39 is 29.2 Å². The molecule has 10 heteroatoms. The number of aromatic nitrogens is 2. The molecular formula is C20H24N4O6. The lowest BCUT2D eigenvalue weighted by Crippen LogP contribution is -2.45. The summed E-state index contributed by atoms with van der Waals surface area (Å²) >= 11 is 0. The van der Waals surface area contributed by atoms with Crippen molar-refractivity contribution in [1.82, 2.24) is 20.4 Å². The van der Waals surface area contributed by atoms with Gasteiger partial charge in [0.15, 0.2) is 0 Å². The molecule has 160 valence electrons. The third-order valence-electron chi connectivity index (χ3n) is 4.35. The zero-order chi connectivity index (χ0) is 21.9. The number of benzene rings is 1. The lowest BCUT2D eigenvalue weighted by atomic mass is 10.1. The molecule has 30 heavy (non-hydrogen) atoms. The summed E-state index contributed by atoms with van der Waals surface area (Å²) < 4.78 is 11.9. The summed E-state index contributed by atoms with van der Waals surface area (Å²) in [5.41, 5.74) is -1.03. The molecule has 1 aliphatic heterocycles. The molecule has 0 aliphatic carbocycles. The fourth-order valence-corrected chi connectivity index (χ4v) is 3.05. The van der Waals surface area contributed by atoms with Crippen molar-refractivity contribution in [3.63, 3.8) is 0 Å². The van der Waals surface area contributed by atoms with Crippen LogP contribution in [0.3, 0.4) is 0 Å². The van der Waals surface area contributed by atoms with Gasteiger partial charge in [0.25, 0.3) is 11.5 Å². The van der Waals surface area contributed by atoms with Crippen molar-refractivity contribution < 1.29 is 23.9 Å². The Morgan fingerprint density at radius 2 is 2.03 bits per heavy atom. The van der Waals surface area contributed by atoms with Crippen LogP contribution in [0.1, 0.15) is 39.7 Å². The molecule has 0 saturated carbocycles. The molecule has 1 aromatic carbocycles. The summed E-state index contributed by atoms with van der Waals surface area (Å²) in [6, 6.07) is 4.14. The summed E-state index contributed by atoms with van der Waals surface area (Å²) in [6.07, 6.45) is 1.28.